The van der Waals surface area contributed by atoms with Crippen molar-refractivity contribution < 1.29 is 13.2 Å². The minimum absolute atomic E-state index is 0.136. The molecule has 506 valence electrons. The number of aryl methyl sites for hydroxylation is 6. The second kappa shape index (κ2) is 31.7. The number of halogens is 6. The molecule has 5 aromatic heterocycles. The summed E-state index contributed by atoms with van der Waals surface area (Å²) in [6, 6.07) is 32.8. The number of imidazole rings is 2. The first-order valence-electron chi connectivity index (χ1n) is 31.1. The van der Waals surface area contributed by atoms with Crippen molar-refractivity contribution in [2.45, 2.75) is 65.6 Å². The van der Waals surface area contributed by atoms with Crippen LogP contribution in [0.4, 0.5) is 24.9 Å². The Bertz CT molecular complexity index is 4940. The third-order valence-corrected chi connectivity index (χ3v) is 18.9. The molecule has 0 bridgehead atoms. The van der Waals surface area contributed by atoms with Crippen LogP contribution in [0.5, 0.6) is 0 Å². The fourth-order valence-corrected chi connectivity index (χ4v) is 12.9. The molecule has 0 spiro atoms. The van der Waals surface area contributed by atoms with Crippen molar-refractivity contribution in [3.8, 4) is 0 Å². The summed E-state index contributed by atoms with van der Waals surface area (Å²) in [6.07, 6.45) is 0.468. The number of benzene rings is 5. The van der Waals surface area contributed by atoms with Gasteiger partial charge < -0.3 is 14.8 Å². The molecule has 0 unspecified atom stereocenters. The SMILES string of the molecule is Cc1ccc(C)c(CN2CCN(c3nc4c(c(=O)n(C)c(=O)n4C)n3Cc3ccccc3F)CC2)c1.Cc1ccc(C)c(CN2CCNCC2)c1.Cn1c(=O)c2c(nc(Br)n2Cc2ccccc2F)n(C)c1=O.Cn1c2c(c(=O)n(C)c1=O)CC(Br)=N2.Fc1ccccc1CBr. The van der Waals surface area contributed by atoms with Gasteiger partial charge in [-0.1, -0.05) is 118 Å². The Morgan fingerprint density at radius 2 is 0.896 bits per heavy atom. The predicted octanol–water partition coefficient (Wildman–Crippen LogP) is 8.44. The third-order valence-electron chi connectivity index (χ3n) is 17.2. The third kappa shape index (κ3) is 16.2. The van der Waals surface area contributed by atoms with Gasteiger partial charge in [-0.15, -0.1) is 0 Å². The lowest BCUT2D eigenvalue weighted by Crippen LogP contribution is -2.47. The van der Waals surface area contributed by atoms with Gasteiger partial charge in [0.2, 0.25) is 5.95 Å². The number of alkyl halides is 1. The van der Waals surface area contributed by atoms with E-state index in [2.05, 4.69) is 142 Å². The van der Waals surface area contributed by atoms with Crippen LogP contribution in [0.1, 0.15) is 55.6 Å². The van der Waals surface area contributed by atoms with E-state index in [1.54, 1.807) is 71.8 Å². The zero-order valence-electron chi connectivity index (χ0n) is 55.3. The lowest BCUT2D eigenvalue weighted by atomic mass is 10.0. The Morgan fingerprint density at radius 3 is 1.38 bits per heavy atom. The van der Waals surface area contributed by atoms with E-state index in [0.717, 1.165) is 53.0 Å². The molecule has 1 N–H and O–H groups in total. The van der Waals surface area contributed by atoms with Crippen LogP contribution in [-0.4, -0.2) is 113 Å². The van der Waals surface area contributed by atoms with Gasteiger partial charge in [-0.3, -0.25) is 56.2 Å². The first-order chi connectivity index (χ1) is 45.8. The number of nitrogens with zero attached hydrogens (tertiary/aromatic N) is 14. The van der Waals surface area contributed by atoms with Crippen LogP contribution in [0.15, 0.2) is 148 Å². The number of nitrogens with one attached hydrogen (secondary N) is 1. The highest BCUT2D eigenvalue weighted by Crippen LogP contribution is 2.27. The molecule has 0 saturated carbocycles. The Balaban J connectivity index is 0.000000153. The quantitative estimate of drug-likeness (QED) is 0.101. The minimum atomic E-state index is -0.465. The average molecular weight is 1510 g/mol. The molecule has 0 aliphatic carbocycles. The van der Waals surface area contributed by atoms with Gasteiger partial charge in [0.25, 0.3) is 16.7 Å². The van der Waals surface area contributed by atoms with E-state index in [1.807, 2.05) is 6.07 Å². The highest BCUT2D eigenvalue weighted by atomic mass is 79.9. The molecule has 2 saturated heterocycles. The molecule has 0 radical (unpaired) electrons. The van der Waals surface area contributed by atoms with Crippen molar-refractivity contribution in [1.29, 1.82) is 0 Å². The number of hydrogen-bond donors (Lipinski definition) is 1. The van der Waals surface area contributed by atoms with E-state index >= 15 is 0 Å². The van der Waals surface area contributed by atoms with Crippen LogP contribution >= 0.6 is 47.8 Å². The molecule has 21 nitrogen and oxygen atoms in total. The molecule has 3 aliphatic rings. The molecule has 10 aromatic rings. The molecular formula is C69H77Br3F3N15O6. The first kappa shape index (κ1) is 71.9. The van der Waals surface area contributed by atoms with Gasteiger partial charge in [0.05, 0.1) is 23.3 Å². The Morgan fingerprint density at radius 1 is 0.469 bits per heavy atom. The lowest BCUT2D eigenvalue weighted by Gasteiger charge is -2.35. The van der Waals surface area contributed by atoms with Crippen LogP contribution in [0.25, 0.3) is 22.3 Å². The number of hydrogen-bond acceptors (Lipinski definition) is 13. The maximum Gasteiger partial charge on any atom is 0.332 e. The summed E-state index contributed by atoms with van der Waals surface area (Å²) in [5.41, 5.74) is 9.02. The van der Waals surface area contributed by atoms with E-state index in [9.17, 15) is 41.9 Å². The van der Waals surface area contributed by atoms with E-state index < -0.39 is 22.5 Å². The maximum absolute atomic E-state index is 14.6. The molecule has 27 heteroatoms. The number of rotatable bonds is 10. The summed E-state index contributed by atoms with van der Waals surface area (Å²) in [7, 11) is 9.08. The summed E-state index contributed by atoms with van der Waals surface area (Å²) in [6.45, 7) is 18.6. The number of anilines is 1. The van der Waals surface area contributed by atoms with Gasteiger partial charge in [0.15, 0.2) is 27.1 Å². The first-order valence-corrected chi connectivity index (χ1v) is 33.8. The second-order valence-corrected chi connectivity index (χ2v) is 26.1. The van der Waals surface area contributed by atoms with Crippen LogP contribution in [-0.2, 0) is 80.2 Å². The fourth-order valence-electron chi connectivity index (χ4n) is 11.5. The smallest absolute Gasteiger partial charge is 0.332 e. The molecule has 2 fully saturated rings. The van der Waals surface area contributed by atoms with Gasteiger partial charge in [-0.05, 0) is 106 Å². The predicted molar refractivity (Wildman–Crippen MR) is 382 cm³/mol. The Hall–Kier alpha value is -8.34. The number of fused-ring (bicyclic) bond motifs is 3. The van der Waals surface area contributed by atoms with Crippen molar-refractivity contribution in [3.05, 3.63) is 250 Å². The van der Waals surface area contributed by atoms with Crippen LogP contribution < -0.4 is 44.0 Å². The van der Waals surface area contributed by atoms with E-state index in [1.165, 1.54) is 107 Å². The molecule has 3 aliphatic heterocycles. The van der Waals surface area contributed by atoms with Gasteiger partial charge in [0.1, 0.15) is 23.3 Å². The lowest BCUT2D eigenvalue weighted by molar-refractivity contribution is 0.233. The molecule has 8 heterocycles. The van der Waals surface area contributed by atoms with Gasteiger partial charge >= 0.3 is 17.1 Å². The minimum Gasteiger partial charge on any atom is -0.340 e. The summed E-state index contributed by atoms with van der Waals surface area (Å²) >= 11 is 9.67. The zero-order chi connectivity index (χ0) is 69.4. The highest BCUT2D eigenvalue weighted by Gasteiger charge is 2.28. The molecule has 96 heavy (non-hydrogen) atoms. The molecular weight excluding hydrogens is 1430 g/mol. The fraction of sp³-hybridized carbons (Fsp3) is 0.348. The van der Waals surface area contributed by atoms with Crippen LogP contribution in [0.2, 0.25) is 0 Å². The Labute approximate surface area is 577 Å². The summed E-state index contributed by atoms with van der Waals surface area (Å²) in [5, 5.41) is 3.97. The number of piperazine rings is 2. The summed E-state index contributed by atoms with van der Waals surface area (Å²) in [5.74, 6) is 0.195. The van der Waals surface area contributed by atoms with E-state index in [4.69, 9.17) is 4.98 Å². The van der Waals surface area contributed by atoms with Gasteiger partial charge in [-0.2, -0.15) is 4.98 Å². The average Bonchev–Trinajstić information content (AvgIpc) is 1.59. The highest BCUT2D eigenvalue weighted by molar-refractivity contribution is 9.18. The molecule has 0 atom stereocenters. The van der Waals surface area contributed by atoms with Crippen molar-refractivity contribution in [2.24, 2.45) is 47.3 Å². The van der Waals surface area contributed by atoms with Crippen LogP contribution in [0.3, 0.4) is 0 Å². The Kier molecular flexibility index (Phi) is 23.7. The molecule has 13 rings (SSSR count). The van der Waals surface area contributed by atoms with E-state index in [0.29, 0.717) is 79.4 Å². The van der Waals surface area contributed by atoms with E-state index in [-0.39, 0.29) is 53.0 Å². The summed E-state index contributed by atoms with van der Waals surface area (Å²) < 4.78 is 52.6. The normalized spacial score (nSPS) is 13.8. The van der Waals surface area contributed by atoms with Gasteiger partial charge in [0, 0.05) is 131 Å². The van der Waals surface area contributed by atoms with Gasteiger partial charge in [-0.25, -0.2) is 37.5 Å². The monoisotopic (exact) mass is 1510 g/mol. The largest absolute Gasteiger partial charge is 0.340 e. The standard InChI is InChI=1S/C27H31FN6O2.C14H12BrFN4O2.C13H20N2.C8H8BrN3O2.C7H6BrF/c1-18-9-10-19(2)21(15-18)16-32-11-13-33(14-12-32)26-29-24-23(25(35)31(4)27(36)30(24)3)34(26)17-20-7-5-6-8-22(20)28;1-18-11-10(12(21)19(2)14(18)22)20(13(15)17-11)7-8-5-3-4-6-9(8)16;1-11-3-4-12(2)13(9-11)10-15-7-5-14-6-8-15;1-11-6-4(3-5(9)10-6)7(13)12(2)8(11)14;8-5-6-3-1-2-4-7(6)9/h5-10,15H,11-14,16-17H2,1-4H3;3-6H,7H2,1-2H3;3-4,9,14H,5-8,10H2,1-2H3;3H2,1-2H3;1-4H,5H2. The van der Waals surface area contributed by atoms with Crippen LogP contribution in [0, 0.1) is 45.1 Å². The number of aliphatic imine (C=N–C) groups is 1. The maximum atomic E-state index is 14.6. The van der Waals surface area contributed by atoms with Crippen molar-refractivity contribution >= 4 is 86.5 Å². The van der Waals surface area contributed by atoms with Crippen molar-refractivity contribution in [1.82, 2.24) is 61.6 Å². The second-order valence-electron chi connectivity index (χ2n) is 24.0. The van der Waals surface area contributed by atoms with Crippen molar-refractivity contribution in [2.75, 3.05) is 57.3 Å². The topological polar surface area (TPSA) is 202 Å². The number of aromatic nitrogens is 10. The zero-order valence-corrected chi connectivity index (χ0v) is 60.0. The van der Waals surface area contributed by atoms with Crippen molar-refractivity contribution in [3.63, 3.8) is 0 Å². The molecule has 5 aromatic carbocycles. The molecule has 0 amide bonds. The summed E-state index contributed by atoms with van der Waals surface area (Å²) in [4.78, 5) is 93.3.